The van der Waals surface area contributed by atoms with Gasteiger partial charge in [-0.2, -0.15) is 0 Å². The molecule has 1 aromatic carbocycles. The van der Waals surface area contributed by atoms with Crippen LogP contribution in [0.15, 0.2) is 36.5 Å². The highest BCUT2D eigenvalue weighted by atomic mass is 19.1. The minimum atomic E-state index is -0.545. The summed E-state index contributed by atoms with van der Waals surface area (Å²) < 4.78 is 24.8. The quantitative estimate of drug-likeness (QED) is 0.900. The van der Waals surface area contributed by atoms with Gasteiger partial charge in [-0.05, 0) is 25.1 Å². The average molecular weight is 262 g/mol. The summed E-state index contributed by atoms with van der Waals surface area (Å²) in [5.41, 5.74) is 5.80. The van der Waals surface area contributed by atoms with Crippen molar-refractivity contribution in [2.75, 3.05) is 6.61 Å². The number of ether oxygens (including phenoxy) is 2. The molecule has 4 nitrogen and oxygen atoms in total. The third-order valence-corrected chi connectivity index (χ3v) is 2.51. The second-order valence-corrected chi connectivity index (χ2v) is 3.78. The monoisotopic (exact) mass is 262 g/mol. The number of pyridine rings is 1. The van der Waals surface area contributed by atoms with Gasteiger partial charge in [0.15, 0.2) is 17.3 Å². The van der Waals surface area contributed by atoms with E-state index in [4.69, 9.17) is 15.2 Å². The Labute approximate surface area is 111 Å². The second-order valence-electron chi connectivity index (χ2n) is 3.78. The Bertz CT molecular complexity index is 561. The number of rotatable bonds is 5. The number of hydrogen-bond acceptors (Lipinski definition) is 4. The number of hydrogen-bond donors (Lipinski definition) is 1. The molecule has 0 aliphatic carbocycles. The highest BCUT2D eigenvalue weighted by Gasteiger charge is 2.13. The van der Waals surface area contributed by atoms with Gasteiger partial charge in [0.1, 0.15) is 0 Å². The fraction of sp³-hybridized carbons (Fsp3) is 0.214. The van der Waals surface area contributed by atoms with Crippen LogP contribution >= 0.6 is 0 Å². The maximum absolute atomic E-state index is 14.0. The summed E-state index contributed by atoms with van der Waals surface area (Å²) in [5.74, 6) is 0.320. The fourth-order valence-corrected chi connectivity index (χ4v) is 1.60. The Morgan fingerprint density at radius 2 is 1.95 bits per heavy atom. The molecule has 0 unspecified atom stereocenters. The van der Waals surface area contributed by atoms with Crippen molar-refractivity contribution in [2.45, 2.75) is 13.5 Å². The Kier molecular flexibility index (Phi) is 4.30. The molecule has 0 aliphatic rings. The van der Waals surface area contributed by atoms with Crippen molar-refractivity contribution in [1.82, 2.24) is 4.98 Å². The summed E-state index contributed by atoms with van der Waals surface area (Å²) in [7, 11) is 0. The van der Waals surface area contributed by atoms with E-state index < -0.39 is 5.82 Å². The van der Waals surface area contributed by atoms with E-state index in [1.807, 2.05) is 13.0 Å². The molecule has 0 saturated heterocycles. The van der Waals surface area contributed by atoms with Gasteiger partial charge in [0, 0.05) is 18.3 Å². The van der Waals surface area contributed by atoms with Gasteiger partial charge in [0.2, 0.25) is 0 Å². The van der Waals surface area contributed by atoms with Crippen molar-refractivity contribution in [1.29, 1.82) is 0 Å². The molecular weight excluding hydrogens is 247 g/mol. The lowest BCUT2D eigenvalue weighted by molar-refractivity contribution is 0.316. The molecule has 1 heterocycles. The van der Waals surface area contributed by atoms with Gasteiger partial charge in [0.05, 0.1) is 6.61 Å². The van der Waals surface area contributed by atoms with Crippen LogP contribution in [0.1, 0.15) is 12.5 Å². The molecule has 1 aromatic heterocycles. The van der Waals surface area contributed by atoms with Crippen molar-refractivity contribution in [3.8, 4) is 17.4 Å². The molecular formula is C14H15FN2O2. The first-order chi connectivity index (χ1) is 9.26. The third kappa shape index (κ3) is 3.00. The Hall–Kier alpha value is -2.14. The van der Waals surface area contributed by atoms with Crippen LogP contribution in [0.4, 0.5) is 4.39 Å². The van der Waals surface area contributed by atoms with E-state index in [2.05, 4.69) is 4.98 Å². The summed E-state index contributed by atoms with van der Waals surface area (Å²) in [6.45, 7) is 2.46. The zero-order valence-corrected chi connectivity index (χ0v) is 10.6. The smallest absolute Gasteiger partial charge is 0.256 e. The van der Waals surface area contributed by atoms with Crippen LogP contribution in [0.5, 0.6) is 17.4 Å². The van der Waals surface area contributed by atoms with E-state index in [1.54, 1.807) is 18.2 Å². The van der Waals surface area contributed by atoms with E-state index in [0.717, 1.165) is 0 Å². The van der Waals surface area contributed by atoms with Gasteiger partial charge in [-0.1, -0.05) is 12.1 Å². The van der Waals surface area contributed by atoms with Crippen LogP contribution in [0.2, 0.25) is 0 Å². The Balaban J connectivity index is 2.31. The summed E-state index contributed by atoms with van der Waals surface area (Å²) in [4.78, 5) is 3.88. The molecule has 0 spiro atoms. The predicted molar refractivity (Wildman–Crippen MR) is 69.8 cm³/mol. The van der Waals surface area contributed by atoms with Gasteiger partial charge in [-0.25, -0.2) is 9.37 Å². The van der Waals surface area contributed by atoms with Crippen LogP contribution in [0.3, 0.4) is 0 Å². The summed E-state index contributed by atoms with van der Waals surface area (Å²) in [6.07, 6.45) is 1.46. The molecule has 100 valence electrons. The SMILES string of the molecule is CCOc1ccccc1Oc1nccc(CN)c1F. The number of nitrogens with zero attached hydrogens (tertiary/aromatic N) is 1. The standard InChI is InChI=1S/C14H15FN2O2/c1-2-18-11-5-3-4-6-12(11)19-14-13(15)10(9-16)7-8-17-14/h3-8H,2,9,16H2,1H3. The van der Waals surface area contributed by atoms with Crippen molar-refractivity contribution >= 4 is 0 Å². The van der Waals surface area contributed by atoms with Crippen LogP contribution in [0.25, 0.3) is 0 Å². The molecule has 0 saturated carbocycles. The zero-order valence-electron chi connectivity index (χ0n) is 10.6. The number of aromatic nitrogens is 1. The predicted octanol–water partition coefficient (Wildman–Crippen LogP) is 2.87. The Morgan fingerprint density at radius 3 is 2.63 bits per heavy atom. The first-order valence-corrected chi connectivity index (χ1v) is 5.99. The maximum atomic E-state index is 14.0. The van der Waals surface area contributed by atoms with Crippen molar-refractivity contribution in [3.05, 3.63) is 47.9 Å². The summed E-state index contributed by atoms with van der Waals surface area (Å²) in [6, 6.07) is 8.57. The largest absolute Gasteiger partial charge is 0.490 e. The van der Waals surface area contributed by atoms with Gasteiger partial charge in [-0.15, -0.1) is 0 Å². The third-order valence-electron chi connectivity index (χ3n) is 2.51. The molecule has 0 radical (unpaired) electrons. The van der Waals surface area contributed by atoms with Gasteiger partial charge >= 0.3 is 0 Å². The van der Waals surface area contributed by atoms with Crippen molar-refractivity contribution < 1.29 is 13.9 Å². The number of para-hydroxylation sites is 2. The van der Waals surface area contributed by atoms with Crippen molar-refractivity contribution in [2.24, 2.45) is 5.73 Å². The van der Waals surface area contributed by atoms with Crippen LogP contribution < -0.4 is 15.2 Å². The minimum Gasteiger partial charge on any atom is -0.490 e. The van der Waals surface area contributed by atoms with E-state index in [-0.39, 0.29) is 12.4 Å². The highest BCUT2D eigenvalue weighted by molar-refractivity contribution is 5.42. The van der Waals surface area contributed by atoms with E-state index in [0.29, 0.717) is 23.7 Å². The van der Waals surface area contributed by atoms with Crippen molar-refractivity contribution in [3.63, 3.8) is 0 Å². The lowest BCUT2D eigenvalue weighted by Crippen LogP contribution is -2.03. The van der Waals surface area contributed by atoms with Crippen LogP contribution in [-0.4, -0.2) is 11.6 Å². The fourth-order valence-electron chi connectivity index (χ4n) is 1.60. The number of halogens is 1. The van der Waals surface area contributed by atoms with Gasteiger partial charge < -0.3 is 15.2 Å². The van der Waals surface area contributed by atoms with E-state index in [1.165, 1.54) is 12.3 Å². The molecule has 2 aromatic rings. The molecule has 0 amide bonds. The molecule has 5 heteroatoms. The van der Waals surface area contributed by atoms with E-state index >= 15 is 0 Å². The number of benzene rings is 1. The van der Waals surface area contributed by atoms with Crippen LogP contribution in [0, 0.1) is 5.82 Å². The molecule has 0 aliphatic heterocycles. The molecule has 0 fully saturated rings. The molecule has 2 rings (SSSR count). The topological polar surface area (TPSA) is 57.4 Å². The molecule has 0 atom stereocenters. The average Bonchev–Trinajstić information content (AvgIpc) is 2.43. The van der Waals surface area contributed by atoms with E-state index in [9.17, 15) is 4.39 Å². The highest BCUT2D eigenvalue weighted by Crippen LogP contribution is 2.31. The molecule has 19 heavy (non-hydrogen) atoms. The van der Waals surface area contributed by atoms with Crippen LogP contribution in [-0.2, 0) is 6.54 Å². The maximum Gasteiger partial charge on any atom is 0.256 e. The molecule has 2 N–H and O–H groups in total. The second kappa shape index (κ2) is 6.15. The summed E-state index contributed by atoms with van der Waals surface area (Å²) in [5, 5.41) is 0. The minimum absolute atomic E-state index is 0.0951. The van der Waals surface area contributed by atoms with Gasteiger partial charge in [0.25, 0.3) is 5.88 Å². The van der Waals surface area contributed by atoms with Gasteiger partial charge in [-0.3, -0.25) is 0 Å². The first kappa shape index (κ1) is 13.3. The summed E-state index contributed by atoms with van der Waals surface area (Å²) >= 11 is 0. The lowest BCUT2D eigenvalue weighted by Gasteiger charge is -2.11. The first-order valence-electron chi connectivity index (χ1n) is 5.99. The Morgan fingerprint density at radius 1 is 1.21 bits per heavy atom. The normalized spacial score (nSPS) is 10.3. The lowest BCUT2D eigenvalue weighted by atomic mass is 10.2. The number of nitrogens with two attached hydrogens (primary N) is 1. The molecule has 0 bridgehead atoms. The zero-order chi connectivity index (χ0) is 13.7.